The van der Waals surface area contributed by atoms with Crippen molar-refractivity contribution in [3.05, 3.63) is 41.2 Å². The summed E-state index contributed by atoms with van der Waals surface area (Å²) < 4.78 is 13.6. The van der Waals surface area contributed by atoms with E-state index in [1.54, 1.807) is 35.2 Å². The number of rotatable bonds is 2. The number of hydrogen-bond acceptors (Lipinski definition) is 3. The van der Waals surface area contributed by atoms with Crippen molar-refractivity contribution in [3.8, 4) is 0 Å². The van der Waals surface area contributed by atoms with E-state index in [0.29, 0.717) is 0 Å². The Kier molecular flexibility index (Phi) is 2.84. The van der Waals surface area contributed by atoms with Gasteiger partial charge in [-0.25, -0.2) is 9.37 Å². The van der Waals surface area contributed by atoms with E-state index < -0.39 is 0 Å². The molecular formula is C10H8FNS2. The topological polar surface area (TPSA) is 12.9 Å². The molecule has 1 heterocycles. The summed E-state index contributed by atoms with van der Waals surface area (Å²) in [5.41, 5.74) is 1.03. The highest BCUT2D eigenvalue weighted by molar-refractivity contribution is 8.01. The van der Waals surface area contributed by atoms with Gasteiger partial charge in [0.25, 0.3) is 0 Å². The summed E-state index contributed by atoms with van der Waals surface area (Å²) in [5, 5.41) is 2.01. The fraction of sp³-hybridized carbons (Fsp3) is 0.100. The maximum absolute atomic E-state index is 12.6. The molecule has 0 spiro atoms. The van der Waals surface area contributed by atoms with Gasteiger partial charge in [0.05, 0.1) is 0 Å². The van der Waals surface area contributed by atoms with Crippen molar-refractivity contribution in [1.82, 2.24) is 4.98 Å². The molecular weight excluding hydrogens is 217 g/mol. The van der Waals surface area contributed by atoms with Crippen LogP contribution in [0.1, 0.15) is 5.69 Å². The Hall–Kier alpha value is -0.870. The molecule has 0 aliphatic carbocycles. The highest BCUT2D eigenvalue weighted by atomic mass is 32.2. The molecule has 4 heteroatoms. The minimum atomic E-state index is -0.204. The molecule has 0 atom stereocenters. The number of halogens is 1. The molecule has 0 unspecified atom stereocenters. The maximum atomic E-state index is 12.6. The molecule has 14 heavy (non-hydrogen) atoms. The van der Waals surface area contributed by atoms with E-state index in [2.05, 4.69) is 4.98 Å². The minimum Gasteiger partial charge on any atom is -0.235 e. The SMILES string of the molecule is Cc1csc(Sc2ccc(F)cc2)n1. The molecule has 1 nitrogen and oxygen atoms in total. The lowest BCUT2D eigenvalue weighted by molar-refractivity contribution is 0.626. The zero-order valence-electron chi connectivity index (χ0n) is 7.53. The van der Waals surface area contributed by atoms with Crippen molar-refractivity contribution >= 4 is 23.1 Å². The Balaban J connectivity index is 2.15. The summed E-state index contributed by atoms with van der Waals surface area (Å²) in [4.78, 5) is 5.33. The number of nitrogens with zero attached hydrogens (tertiary/aromatic N) is 1. The zero-order valence-corrected chi connectivity index (χ0v) is 9.16. The molecule has 0 N–H and O–H groups in total. The average Bonchev–Trinajstić information content (AvgIpc) is 2.56. The van der Waals surface area contributed by atoms with Crippen LogP contribution in [0, 0.1) is 12.7 Å². The lowest BCUT2D eigenvalue weighted by Crippen LogP contribution is -1.75. The molecule has 72 valence electrons. The number of aromatic nitrogens is 1. The Bertz CT molecular complexity index is 422. The van der Waals surface area contributed by atoms with Crippen LogP contribution in [-0.4, -0.2) is 4.98 Å². The summed E-state index contributed by atoms with van der Waals surface area (Å²) in [6.45, 7) is 1.96. The van der Waals surface area contributed by atoms with E-state index in [4.69, 9.17) is 0 Å². The van der Waals surface area contributed by atoms with Gasteiger partial charge in [-0.15, -0.1) is 11.3 Å². The predicted octanol–water partition coefficient (Wildman–Crippen LogP) is 3.74. The summed E-state index contributed by atoms with van der Waals surface area (Å²) in [7, 11) is 0. The van der Waals surface area contributed by atoms with E-state index in [9.17, 15) is 4.39 Å². The van der Waals surface area contributed by atoms with Crippen molar-refractivity contribution in [2.24, 2.45) is 0 Å². The number of aryl methyl sites for hydroxylation is 1. The second-order valence-electron chi connectivity index (χ2n) is 2.81. The zero-order chi connectivity index (χ0) is 9.97. The largest absolute Gasteiger partial charge is 0.235 e. The molecule has 2 rings (SSSR count). The van der Waals surface area contributed by atoms with E-state index in [1.807, 2.05) is 12.3 Å². The first-order valence-corrected chi connectivity index (χ1v) is 5.79. The maximum Gasteiger partial charge on any atom is 0.154 e. The van der Waals surface area contributed by atoms with Gasteiger partial charge in [0.15, 0.2) is 4.34 Å². The third-order valence-electron chi connectivity index (χ3n) is 1.62. The number of benzene rings is 1. The molecule has 0 aliphatic rings. The minimum absolute atomic E-state index is 0.204. The normalized spacial score (nSPS) is 10.4. The molecule has 0 amide bonds. The third kappa shape index (κ3) is 2.33. The number of hydrogen-bond donors (Lipinski definition) is 0. The van der Waals surface area contributed by atoms with Crippen LogP contribution in [0.4, 0.5) is 4.39 Å². The van der Waals surface area contributed by atoms with E-state index >= 15 is 0 Å². The van der Waals surface area contributed by atoms with Gasteiger partial charge in [-0.3, -0.25) is 0 Å². The Morgan fingerprint density at radius 2 is 2.00 bits per heavy atom. The van der Waals surface area contributed by atoms with Crippen molar-refractivity contribution in [1.29, 1.82) is 0 Å². The summed E-state index contributed by atoms with van der Waals surface area (Å²) in [6, 6.07) is 6.44. The Morgan fingerprint density at radius 1 is 1.29 bits per heavy atom. The van der Waals surface area contributed by atoms with Crippen LogP contribution < -0.4 is 0 Å². The smallest absolute Gasteiger partial charge is 0.154 e. The lowest BCUT2D eigenvalue weighted by atomic mass is 10.4. The molecule has 0 fully saturated rings. The molecule has 0 saturated heterocycles. The fourth-order valence-corrected chi connectivity index (χ4v) is 2.79. The van der Waals surface area contributed by atoms with Crippen LogP contribution in [-0.2, 0) is 0 Å². The van der Waals surface area contributed by atoms with Crippen molar-refractivity contribution in [2.75, 3.05) is 0 Å². The first kappa shape index (κ1) is 9.68. The molecule has 0 bridgehead atoms. The summed E-state index contributed by atoms with van der Waals surface area (Å²) in [5.74, 6) is -0.204. The van der Waals surface area contributed by atoms with Crippen LogP contribution in [0.2, 0.25) is 0 Å². The average molecular weight is 225 g/mol. The van der Waals surface area contributed by atoms with Gasteiger partial charge in [-0.2, -0.15) is 0 Å². The van der Waals surface area contributed by atoms with E-state index in [0.717, 1.165) is 14.9 Å². The highest BCUT2D eigenvalue weighted by Gasteiger charge is 2.01. The summed E-state index contributed by atoms with van der Waals surface area (Å²) >= 11 is 3.16. The van der Waals surface area contributed by atoms with Crippen LogP contribution in [0.3, 0.4) is 0 Å². The highest BCUT2D eigenvalue weighted by Crippen LogP contribution is 2.29. The first-order chi connectivity index (χ1) is 6.74. The Labute approximate surface area is 90.0 Å². The molecule has 1 aromatic carbocycles. The quantitative estimate of drug-likeness (QED) is 0.772. The van der Waals surface area contributed by atoms with Gasteiger partial charge in [-0.05, 0) is 31.2 Å². The second-order valence-corrected chi connectivity index (χ2v) is 4.99. The monoisotopic (exact) mass is 225 g/mol. The van der Waals surface area contributed by atoms with Crippen LogP contribution >= 0.6 is 23.1 Å². The van der Waals surface area contributed by atoms with Gasteiger partial charge in [-0.1, -0.05) is 11.8 Å². The second kappa shape index (κ2) is 4.11. The third-order valence-corrected chi connectivity index (χ3v) is 3.68. The van der Waals surface area contributed by atoms with Gasteiger partial charge in [0, 0.05) is 16.0 Å². The molecule has 0 radical (unpaired) electrons. The molecule has 2 aromatic rings. The van der Waals surface area contributed by atoms with Crippen molar-refractivity contribution in [3.63, 3.8) is 0 Å². The van der Waals surface area contributed by atoms with E-state index in [-0.39, 0.29) is 5.82 Å². The Morgan fingerprint density at radius 3 is 2.57 bits per heavy atom. The van der Waals surface area contributed by atoms with Gasteiger partial charge >= 0.3 is 0 Å². The van der Waals surface area contributed by atoms with Gasteiger partial charge in [0.1, 0.15) is 5.82 Å². The summed E-state index contributed by atoms with van der Waals surface area (Å²) in [6.07, 6.45) is 0. The van der Waals surface area contributed by atoms with E-state index in [1.165, 1.54) is 12.1 Å². The van der Waals surface area contributed by atoms with Crippen LogP contribution in [0.5, 0.6) is 0 Å². The van der Waals surface area contributed by atoms with Crippen LogP contribution in [0.15, 0.2) is 38.9 Å². The van der Waals surface area contributed by atoms with Crippen LogP contribution in [0.25, 0.3) is 0 Å². The molecule has 1 aromatic heterocycles. The molecule has 0 saturated carbocycles. The molecule has 0 aliphatic heterocycles. The standard InChI is InChI=1S/C10H8FNS2/c1-7-6-13-10(12-7)14-9-4-2-8(11)3-5-9/h2-6H,1H3. The van der Waals surface area contributed by atoms with Crippen molar-refractivity contribution < 1.29 is 4.39 Å². The van der Waals surface area contributed by atoms with Crippen molar-refractivity contribution in [2.45, 2.75) is 16.2 Å². The fourth-order valence-electron chi connectivity index (χ4n) is 0.983. The lowest BCUT2D eigenvalue weighted by Gasteiger charge is -1.96. The predicted molar refractivity (Wildman–Crippen MR) is 57.4 cm³/mol. The van der Waals surface area contributed by atoms with Gasteiger partial charge < -0.3 is 0 Å². The van der Waals surface area contributed by atoms with Gasteiger partial charge in [0.2, 0.25) is 0 Å². The number of thiazole rings is 1. The first-order valence-electron chi connectivity index (χ1n) is 4.09.